The van der Waals surface area contributed by atoms with Gasteiger partial charge < -0.3 is 23.7 Å². The van der Waals surface area contributed by atoms with Crippen LogP contribution < -0.4 is 14.2 Å². The molecule has 0 radical (unpaired) electrons. The Morgan fingerprint density at radius 2 is 1.56 bits per heavy atom. The van der Waals surface area contributed by atoms with E-state index in [-0.39, 0.29) is 22.9 Å². The van der Waals surface area contributed by atoms with Gasteiger partial charge in [-0.2, -0.15) is 9.97 Å². The number of rotatable bonds is 8. The van der Waals surface area contributed by atoms with Crippen molar-refractivity contribution in [3.05, 3.63) is 71.7 Å². The minimum atomic E-state index is -0.654. The summed E-state index contributed by atoms with van der Waals surface area (Å²) >= 11 is 0. The summed E-state index contributed by atoms with van der Waals surface area (Å²) in [6, 6.07) is 14.8. The molecule has 32 heavy (non-hydrogen) atoms. The van der Waals surface area contributed by atoms with Crippen LogP contribution in [0.2, 0.25) is 0 Å². The number of nitrogens with zero attached hydrogens (tertiary/aromatic N) is 2. The van der Waals surface area contributed by atoms with E-state index >= 15 is 0 Å². The highest BCUT2D eigenvalue weighted by atomic mass is 16.5. The van der Waals surface area contributed by atoms with Gasteiger partial charge in [0.2, 0.25) is 11.8 Å². The van der Waals surface area contributed by atoms with E-state index in [1.807, 2.05) is 37.3 Å². The summed E-state index contributed by atoms with van der Waals surface area (Å²) in [4.78, 5) is 21.0. The number of carbonyl (C=O) groups excluding carboxylic acids is 1. The number of aromatic nitrogens is 2. The van der Waals surface area contributed by atoms with Gasteiger partial charge in [-0.25, -0.2) is 4.79 Å². The van der Waals surface area contributed by atoms with Gasteiger partial charge in [-0.15, -0.1) is 0 Å². The van der Waals surface area contributed by atoms with Crippen LogP contribution in [0.25, 0.3) is 5.57 Å². The average Bonchev–Trinajstić information content (AvgIpc) is 2.79. The van der Waals surface area contributed by atoms with Crippen LogP contribution in [0, 0.1) is 13.8 Å². The van der Waals surface area contributed by atoms with E-state index < -0.39 is 5.97 Å². The molecule has 0 aliphatic carbocycles. The third kappa shape index (κ3) is 5.15. The lowest BCUT2D eigenvalue weighted by Crippen LogP contribution is -2.10. The number of benzene rings is 2. The molecule has 0 bridgehead atoms. The van der Waals surface area contributed by atoms with Crippen molar-refractivity contribution in [1.82, 2.24) is 9.97 Å². The van der Waals surface area contributed by atoms with Crippen molar-refractivity contribution < 1.29 is 28.5 Å². The molecule has 0 fully saturated rings. The zero-order valence-corrected chi connectivity index (χ0v) is 18.5. The summed E-state index contributed by atoms with van der Waals surface area (Å²) in [5.74, 6) is 1.76. The van der Waals surface area contributed by atoms with E-state index in [0.29, 0.717) is 17.3 Å². The van der Waals surface area contributed by atoms with Gasteiger partial charge in [0.1, 0.15) is 34.2 Å². The first-order chi connectivity index (χ1) is 15.5. The Morgan fingerprint density at radius 1 is 0.875 bits per heavy atom. The first-order valence-corrected chi connectivity index (χ1v) is 9.72. The maximum atomic E-state index is 12.4. The van der Waals surface area contributed by atoms with Gasteiger partial charge in [-0.3, -0.25) is 0 Å². The second kappa shape index (κ2) is 10.3. The molecule has 0 aliphatic heterocycles. The number of para-hydroxylation sites is 1. The third-order valence-electron chi connectivity index (χ3n) is 4.40. The standard InChI is InChI=1S/C24H24N2O6/c1-15-9-6-7-12-20(15)31-17-10-8-11-18(13-17)32-23-21(19(14-28-3)24(27)30-5)22(29-4)25-16(2)26-23/h6-14H,1-5H3/b19-14-. The molecule has 0 saturated carbocycles. The van der Waals surface area contributed by atoms with Gasteiger partial charge in [0.15, 0.2) is 0 Å². The van der Waals surface area contributed by atoms with Crippen molar-refractivity contribution in [1.29, 1.82) is 0 Å². The first-order valence-electron chi connectivity index (χ1n) is 9.72. The quantitative estimate of drug-likeness (QED) is 0.281. The second-order valence-electron chi connectivity index (χ2n) is 6.66. The number of methoxy groups -OCH3 is 3. The molecule has 3 aromatic rings. The molecule has 0 atom stereocenters. The van der Waals surface area contributed by atoms with Crippen molar-refractivity contribution in [2.45, 2.75) is 13.8 Å². The minimum absolute atomic E-state index is 0.0502. The van der Waals surface area contributed by atoms with Crippen molar-refractivity contribution in [3.63, 3.8) is 0 Å². The Hall–Kier alpha value is -4.07. The second-order valence-corrected chi connectivity index (χ2v) is 6.66. The number of esters is 1. The van der Waals surface area contributed by atoms with Crippen LogP contribution in [0.4, 0.5) is 0 Å². The van der Waals surface area contributed by atoms with Crippen molar-refractivity contribution >= 4 is 11.5 Å². The zero-order chi connectivity index (χ0) is 23.1. The number of carbonyl (C=O) groups is 1. The van der Waals surface area contributed by atoms with Crippen molar-refractivity contribution in [3.8, 4) is 29.0 Å². The average molecular weight is 436 g/mol. The van der Waals surface area contributed by atoms with Crippen LogP contribution in [0.15, 0.2) is 54.8 Å². The fraction of sp³-hybridized carbons (Fsp3) is 0.208. The summed E-state index contributed by atoms with van der Waals surface area (Å²) in [6.45, 7) is 3.66. The molecular formula is C24H24N2O6. The first kappa shape index (κ1) is 22.6. The van der Waals surface area contributed by atoms with Crippen LogP contribution in [0.1, 0.15) is 17.0 Å². The highest BCUT2D eigenvalue weighted by Crippen LogP contribution is 2.36. The zero-order valence-electron chi connectivity index (χ0n) is 18.5. The SMILES string of the molecule is CO/C=C(\C(=O)OC)c1c(OC)nc(C)nc1Oc1cccc(Oc2ccccc2C)c1. The molecule has 1 heterocycles. The van der Waals surface area contributed by atoms with E-state index in [1.165, 1.54) is 27.6 Å². The van der Waals surface area contributed by atoms with Gasteiger partial charge >= 0.3 is 5.97 Å². The molecule has 8 nitrogen and oxygen atoms in total. The fourth-order valence-corrected chi connectivity index (χ4v) is 2.92. The summed E-state index contributed by atoms with van der Waals surface area (Å²) in [5, 5.41) is 0. The largest absolute Gasteiger partial charge is 0.503 e. The minimum Gasteiger partial charge on any atom is -0.503 e. The lowest BCUT2D eigenvalue weighted by molar-refractivity contribution is -0.133. The fourth-order valence-electron chi connectivity index (χ4n) is 2.92. The predicted octanol–water partition coefficient (Wildman–Crippen LogP) is 4.85. The van der Waals surface area contributed by atoms with Crippen LogP contribution in [-0.4, -0.2) is 37.3 Å². The molecule has 0 saturated heterocycles. The van der Waals surface area contributed by atoms with E-state index in [9.17, 15) is 4.79 Å². The smallest absolute Gasteiger partial charge is 0.342 e. The highest BCUT2D eigenvalue weighted by Gasteiger charge is 2.26. The molecule has 3 rings (SSSR count). The Balaban J connectivity index is 2.02. The monoisotopic (exact) mass is 436 g/mol. The van der Waals surface area contributed by atoms with Crippen LogP contribution in [0.3, 0.4) is 0 Å². The maximum absolute atomic E-state index is 12.4. The third-order valence-corrected chi connectivity index (χ3v) is 4.40. The van der Waals surface area contributed by atoms with E-state index in [4.69, 9.17) is 23.7 Å². The van der Waals surface area contributed by atoms with Gasteiger partial charge in [0.25, 0.3) is 0 Å². The highest BCUT2D eigenvalue weighted by molar-refractivity contribution is 6.17. The van der Waals surface area contributed by atoms with E-state index in [2.05, 4.69) is 9.97 Å². The van der Waals surface area contributed by atoms with E-state index in [0.717, 1.165) is 11.3 Å². The van der Waals surface area contributed by atoms with E-state index in [1.54, 1.807) is 25.1 Å². The normalized spacial score (nSPS) is 11.0. The number of hydrogen-bond donors (Lipinski definition) is 0. The lowest BCUT2D eigenvalue weighted by Gasteiger charge is -2.15. The maximum Gasteiger partial charge on any atom is 0.342 e. The number of aryl methyl sites for hydroxylation is 2. The van der Waals surface area contributed by atoms with Crippen molar-refractivity contribution in [2.75, 3.05) is 21.3 Å². The molecular weight excluding hydrogens is 412 g/mol. The molecule has 2 aromatic carbocycles. The predicted molar refractivity (Wildman–Crippen MR) is 118 cm³/mol. The summed E-state index contributed by atoms with van der Waals surface area (Å²) in [6.07, 6.45) is 1.23. The summed E-state index contributed by atoms with van der Waals surface area (Å²) in [7, 11) is 4.12. The number of ether oxygens (including phenoxy) is 5. The summed E-state index contributed by atoms with van der Waals surface area (Å²) in [5.41, 5.74) is 1.26. The molecule has 0 N–H and O–H groups in total. The summed E-state index contributed by atoms with van der Waals surface area (Å²) < 4.78 is 27.4. The molecule has 0 amide bonds. The lowest BCUT2D eigenvalue weighted by atomic mass is 10.1. The molecule has 8 heteroatoms. The molecule has 0 spiro atoms. The number of hydrogen-bond acceptors (Lipinski definition) is 8. The van der Waals surface area contributed by atoms with Gasteiger partial charge in [0, 0.05) is 6.07 Å². The van der Waals surface area contributed by atoms with Crippen LogP contribution in [-0.2, 0) is 14.3 Å². The van der Waals surface area contributed by atoms with Gasteiger partial charge in [-0.1, -0.05) is 24.3 Å². The van der Waals surface area contributed by atoms with Crippen LogP contribution >= 0.6 is 0 Å². The Labute approximate surface area is 186 Å². The molecule has 166 valence electrons. The molecule has 0 unspecified atom stereocenters. The topological polar surface area (TPSA) is 89.0 Å². The molecule has 1 aromatic heterocycles. The van der Waals surface area contributed by atoms with Crippen molar-refractivity contribution in [2.24, 2.45) is 0 Å². The van der Waals surface area contributed by atoms with Gasteiger partial charge in [-0.05, 0) is 37.6 Å². The Morgan fingerprint density at radius 3 is 2.22 bits per heavy atom. The Kier molecular flexibility index (Phi) is 7.28. The van der Waals surface area contributed by atoms with Crippen LogP contribution in [0.5, 0.6) is 29.0 Å². The van der Waals surface area contributed by atoms with Gasteiger partial charge in [0.05, 0.1) is 27.6 Å². The molecule has 0 aliphatic rings. The Bertz CT molecular complexity index is 1140.